The van der Waals surface area contributed by atoms with Crippen molar-refractivity contribution >= 4 is 120 Å². The number of methoxy groups -OCH3 is 5. The van der Waals surface area contributed by atoms with Crippen LogP contribution >= 0.6 is 0 Å². The van der Waals surface area contributed by atoms with E-state index in [0.29, 0.717) is 20.1 Å². The molecule has 0 N–H and O–H groups in total. The highest BCUT2D eigenvalue weighted by molar-refractivity contribution is 5.76. The maximum Gasteiger partial charge on any atom is 0.348 e. The summed E-state index contributed by atoms with van der Waals surface area (Å²) in [7, 11) is 15.2. The molecule has 9 aliphatic rings. The van der Waals surface area contributed by atoms with Gasteiger partial charge in [0.05, 0.1) is 108 Å². The molecule has 24 rings (SSSR count). The molecule has 26 nitrogen and oxygen atoms in total. The van der Waals surface area contributed by atoms with Gasteiger partial charge < -0.3 is 23.7 Å². The minimum absolute atomic E-state index is 0.663. The van der Waals surface area contributed by atoms with Gasteiger partial charge in [0.1, 0.15) is 52.5 Å². The summed E-state index contributed by atoms with van der Waals surface area (Å²) < 4.78 is 44.7. The molecule has 0 saturated carbocycles. The molecule has 0 amide bonds. The molecule has 148 heavy (non-hydrogen) atoms. The van der Waals surface area contributed by atoms with Gasteiger partial charge >= 0.3 is 39.2 Å². The van der Waals surface area contributed by atoms with E-state index >= 15 is 0 Å². The molecular formula is C122H139N21O5+12. The maximum atomic E-state index is 5.64. The SMILES string of the molecule is COc1cc(OC)cc([N+]2=Nc3cc(C)ccc3[N+]3(CCCCC3)C2)c1.COc1ccc([N+]2=Nc3cc(C)ccc3[N+]3(CCCCC3)C2)c(OC)c1.COc1ccc([N+]2=Nc3cc(C)ccc3[N+]3(CCCCC3)C2)cc1.Cc1ccc2c(c1)N=[N+](c1ccccn1)C[N+]2(C)c1ccccc1.Cc1ccc2c(c1)N=[N+](c1cccnc1)C[N+]2(C)c1ccccc1.Cc1ccc2c(c1)N=[N+](c1ccncc1)C[N+]2(C)c1ccccc1. The Morgan fingerprint density at radius 2 is 0.581 bits per heavy atom. The molecule has 15 aromatic rings. The lowest BCUT2D eigenvalue weighted by atomic mass is 10.0. The minimum atomic E-state index is 0.663. The number of piperidine rings is 3. The number of pyridine rings is 3. The van der Waals surface area contributed by atoms with Crippen LogP contribution in [0, 0.1) is 41.5 Å². The molecule has 0 aliphatic carbocycles. The highest BCUT2D eigenvalue weighted by Gasteiger charge is 2.50. The first-order valence-corrected chi connectivity index (χ1v) is 51.7. The van der Waals surface area contributed by atoms with Crippen molar-refractivity contribution in [1.82, 2.24) is 41.9 Å². The van der Waals surface area contributed by atoms with Gasteiger partial charge in [-0.25, -0.2) is 26.9 Å². The van der Waals surface area contributed by atoms with E-state index in [0.717, 1.165) is 144 Å². The Kier molecular flexibility index (Phi) is 30.3. The fourth-order valence-corrected chi connectivity index (χ4v) is 22.2. The molecule has 3 aromatic heterocycles. The van der Waals surface area contributed by atoms with Gasteiger partial charge in [0.2, 0.25) is 17.1 Å². The van der Waals surface area contributed by atoms with E-state index in [1.54, 1.807) is 41.7 Å². The Labute approximate surface area is 870 Å². The van der Waals surface area contributed by atoms with Gasteiger partial charge in [-0.15, -0.1) is 0 Å². The number of quaternary nitrogens is 6. The van der Waals surface area contributed by atoms with E-state index in [-0.39, 0.29) is 0 Å². The molecule has 12 heterocycles. The highest BCUT2D eigenvalue weighted by atomic mass is 16.5. The van der Waals surface area contributed by atoms with Crippen molar-refractivity contribution in [3.05, 3.63) is 368 Å². The van der Waals surface area contributed by atoms with Crippen LogP contribution in [0.5, 0.6) is 28.7 Å². The van der Waals surface area contributed by atoms with Crippen molar-refractivity contribution < 1.29 is 51.9 Å². The molecule has 0 radical (unpaired) electrons. The van der Waals surface area contributed by atoms with Gasteiger partial charge in [-0.1, -0.05) is 107 Å². The second-order valence-corrected chi connectivity index (χ2v) is 40.8. The number of hydrogen-bond donors (Lipinski definition) is 0. The van der Waals surface area contributed by atoms with Crippen molar-refractivity contribution in [3.8, 4) is 28.7 Å². The second kappa shape index (κ2) is 44.4. The number of hydrogen-bond acceptors (Lipinski definition) is 14. The molecule has 0 bridgehead atoms. The van der Waals surface area contributed by atoms with Gasteiger partial charge in [-0.3, -0.25) is 9.97 Å². The predicted molar refractivity (Wildman–Crippen MR) is 591 cm³/mol. The van der Waals surface area contributed by atoms with Crippen LogP contribution in [0.15, 0.2) is 365 Å². The third-order valence-electron chi connectivity index (χ3n) is 30.2. The molecular weight excluding hydrogens is 1840 g/mol. The first-order chi connectivity index (χ1) is 72.0. The third kappa shape index (κ3) is 21.7. The summed E-state index contributed by atoms with van der Waals surface area (Å²) in [5, 5.41) is 29.5. The Hall–Kier alpha value is -15.6. The normalized spacial score (nSPS) is 18.9. The number of benzene rings is 12. The quantitative estimate of drug-likeness (QED) is 0.0763. The van der Waals surface area contributed by atoms with E-state index in [9.17, 15) is 0 Å². The number of azo groups is 12. The maximum absolute atomic E-state index is 5.64. The van der Waals surface area contributed by atoms with E-state index in [1.807, 2.05) is 125 Å². The van der Waals surface area contributed by atoms with Crippen molar-refractivity contribution in [3.63, 3.8) is 0 Å². The summed E-state index contributed by atoms with van der Waals surface area (Å²) in [6.45, 7) is 24.6. The van der Waals surface area contributed by atoms with Gasteiger partial charge in [0, 0.05) is 135 Å². The fraction of sp³-hybridized carbons (Fsp3) is 0.287. The Morgan fingerprint density at radius 3 is 0.966 bits per heavy atom. The largest absolute Gasteiger partial charge is 0.497 e. The smallest absolute Gasteiger partial charge is 0.348 e. The van der Waals surface area contributed by atoms with Crippen LogP contribution < -0.4 is 50.6 Å². The second-order valence-electron chi connectivity index (χ2n) is 40.8. The average Bonchev–Trinajstić information content (AvgIpc) is 0.775. The Balaban J connectivity index is 0.000000112. The van der Waals surface area contributed by atoms with Crippen molar-refractivity contribution in [2.24, 2.45) is 30.7 Å². The summed E-state index contributed by atoms with van der Waals surface area (Å²) >= 11 is 0. The van der Waals surface area contributed by atoms with Gasteiger partial charge in [0.15, 0.2) is 74.0 Å². The lowest BCUT2D eigenvalue weighted by Crippen LogP contribution is -2.56. The number of aromatic nitrogens is 3. The molecule has 26 heteroatoms. The van der Waals surface area contributed by atoms with Crippen LogP contribution in [0.2, 0.25) is 0 Å². The summed E-state index contributed by atoms with van der Waals surface area (Å²) in [4.78, 5) is 12.8. The summed E-state index contributed by atoms with van der Waals surface area (Å²) in [5.41, 5.74) is 30.4. The zero-order chi connectivity index (χ0) is 103. The lowest BCUT2D eigenvalue weighted by Gasteiger charge is -2.39. The minimum Gasteiger partial charge on any atom is -0.497 e. The fourth-order valence-electron chi connectivity index (χ4n) is 22.2. The molecule has 3 spiro atoms. The van der Waals surface area contributed by atoms with Crippen LogP contribution in [0.4, 0.5) is 120 Å². The molecule has 3 unspecified atom stereocenters. The third-order valence-corrected chi connectivity index (χ3v) is 30.2. The monoisotopic (exact) mass is 1980 g/mol. The van der Waals surface area contributed by atoms with Crippen molar-refractivity contribution in [2.75, 3.05) is 136 Å². The molecule has 9 aliphatic heterocycles. The number of aryl methyl sites for hydroxylation is 6. The number of nitrogens with zero attached hydrogens (tertiary/aromatic N) is 21. The van der Waals surface area contributed by atoms with Crippen molar-refractivity contribution in [2.45, 2.75) is 99.3 Å². The Bertz CT molecular complexity index is 7090. The number of rotatable bonds is 14. The number of para-hydroxylation sites is 3. The molecule has 3 fully saturated rings. The summed E-state index contributed by atoms with van der Waals surface area (Å²) in [6.07, 6.45) is 20.7. The number of ether oxygens (including phenoxy) is 5. The van der Waals surface area contributed by atoms with Gasteiger partial charge in [-0.2, -0.15) is 0 Å². The molecule has 3 saturated heterocycles. The topological polar surface area (TPSA) is 177 Å². The van der Waals surface area contributed by atoms with Gasteiger partial charge in [-0.05, 0) is 264 Å². The van der Waals surface area contributed by atoms with E-state index in [1.165, 1.54) is 182 Å². The van der Waals surface area contributed by atoms with Crippen molar-refractivity contribution in [1.29, 1.82) is 0 Å². The van der Waals surface area contributed by atoms with Crippen LogP contribution in [-0.2, 0) is 0 Å². The van der Waals surface area contributed by atoms with E-state index in [4.69, 9.17) is 54.4 Å². The number of fused-ring (bicyclic) bond motifs is 9. The van der Waals surface area contributed by atoms with Gasteiger partial charge in [0.25, 0.3) is 18.0 Å². The first-order valence-electron chi connectivity index (χ1n) is 51.7. The Morgan fingerprint density at radius 1 is 0.236 bits per heavy atom. The zero-order valence-corrected chi connectivity index (χ0v) is 88.0. The molecule has 12 aromatic carbocycles. The summed E-state index contributed by atoms with van der Waals surface area (Å²) in [5.74, 6) is 4.91. The highest BCUT2D eigenvalue weighted by Crippen LogP contribution is 2.52. The standard InChI is InChI=1S/2C21H27N3O2.3C20H20N4.C20H25N3O/c1-16-7-10-20-18(13-16)22-23(15-24(20)11-5-4-6-12-24)19-9-8-17(25-2)14-21(19)26-3;1-16-7-8-21-20(11-16)22-23(15-24(21)9-5-4-6-10-24)17-12-18(25-2)14-19(13-17)26-3;1-16-10-11-20-19(13-16)22-23(17-7-6-12-21-14-17)15-24(20,2)18-8-4-3-5-9-18;1-16-11-12-19-18(14-16)22-23(20-10-6-7-13-21-20)15-24(19,2)17-8-4-3-5-9-17;1-16-8-9-20-19(14-16)22-23(17-10-12-21-13-11-17)15-24(20,2)18-6-4-3-5-7-18;1-16-6-11-20-19(14-16)21-22(15-23(20)12-4-3-5-13-23)17-7-9-18(24-2)10-8-17/h7-10,13-14H,4-6,11-12,15H2,1-3H3;7-8,11-14H,4-6,9-10,15H2,1-3H3;3*3-14H,15H2,1-2H3;6-11,14H,3-5,12-13,15H2,1-2H3/q6*+2. The lowest BCUT2D eigenvalue weighted by molar-refractivity contribution is -0.533. The van der Waals surface area contributed by atoms with Crippen LogP contribution in [0.3, 0.4) is 0 Å². The predicted octanol–water partition coefficient (Wildman–Crippen LogP) is 29.9. The molecule has 3 atom stereocenters. The van der Waals surface area contributed by atoms with Crippen LogP contribution in [0.1, 0.15) is 91.2 Å². The van der Waals surface area contributed by atoms with Crippen LogP contribution in [-0.4, -0.2) is 179 Å². The average molecular weight is 1980 g/mol. The summed E-state index contributed by atoms with van der Waals surface area (Å²) in [6, 6.07) is 105. The zero-order valence-electron chi connectivity index (χ0n) is 88.0. The van der Waals surface area contributed by atoms with E-state index < -0.39 is 0 Å². The van der Waals surface area contributed by atoms with E-state index in [2.05, 4.69) is 309 Å². The molecule has 750 valence electrons. The first kappa shape index (κ1) is 101. The van der Waals surface area contributed by atoms with Crippen LogP contribution in [0.25, 0.3) is 0 Å².